The van der Waals surface area contributed by atoms with Crippen LogP contribution < -0.4 is 5.46 Å². The van der Waals surface area contributed by atoms with Crippen LogP contribution in [-0.4, -0.2) is 18.3 Å². The minimum atomic E-state index is -0.363. The van der Waals surface area contributed by atoms with Crippen molar-refractivity contribution in [1.29, 1.82) is 0 Å². The summed E-state index contributed by atoms with van der Waals surface area (Å²) in [6.07, 6.45) is 0. The molecule has 0 radical (unpaired) electrons. The Morgan fingerprint density at radius 1 is 0.500 bits per heavy atom. The second kappa shape index (κ2) is 7.00. The summed E-state index contributed by atoms with van der Waals surface area (Å²) in [7, 11) is -0.363. The maximum Gasteiger partial charge on any atom is 0.494 e. The SMILES string of the molecule is CC1(C)c2ccc(B3OC(C)(C)C(C)(C)O3)cc2-c2cc3c4ccccc4c4ccccc4c3cc21. The molecule has 0 spiro atoms. The van der Waals surface area contributed by atoms with Crippen LogP contribution in [-0.2, 0) is 14.7 Å². The van der Waals surface area contributed by atoms with Crippen molar-refractivity contribution < 1.29 is 9.31 Å². The van der Waals surface area contributed by atoms with Crippen molar-refractivity contribution in [2.45, 2.75) is 58.2 Å². The van der Waals surface area contributed by atoms with Crippen molar-refractivity contribution in [2.75, 3.05) is 0 Å². The smallest absolute Gasteiger partial charge is 0.399 e. The molecule has 0 N–H and O–H groups in total. The molecule has 1 fully saturated rings. The molecule has 178 valence electrons. The average Bonchev–Trinajstić information content (AvgIpc) is 3.22. The van der Waals surface area contributed by atoms with E-state index in [9.17, 15) is 0 Å². The summed E-state index contributed by atoms with van der Waals surface area (Å²) in [4.78, 5) is 0. The summed E-state index contributed by atoms with van der Waals surface area (Å²) in [6, 6.07) is 29.3. The Labute approximate surface area is 213 Å². The molecule has 1 saturated heterocycles. The van der Waals surface area contributed by atoms with Crippen molar-refractivity contribution >= 4 is 44.9 Å². The minimum absolute atomic E-state index is 0.0833. The Balaban J connectivity index is 1.49. The molecule has 1 aliphatic carbocycles. The van der Waals surface area contributed by atoms with E-state index < -0.39 is 0 Å². The molecular formula is C33H31BO2. The van der Waals surface area contributed by atoms with Gasteiger partial charge in [-0.15, -0.1) is 0 Å². The minimum Gasteiger partial charge on any atom is -0.399 e. The van der Waals surface area contributed by atoms with Crippen molar-refractivity contribution in [1.82, 2.24) is 0 Å². The van der Waals surface area contributed by atoms with Gasteiger partial charge in [-0.05, 0) is 99.9 Å². The fourth-order valence-electron chi connectivity index (χ4n) is 6.29. The largest absolute Gasteiger partial charge is 0.494 e. The molecule has 0 bridgehead atoms. The summed E-state index contributed by atoms with van der Waals surface area (Å²) in [5.41, 5.74) is 5.65. The molecule has 2 aliphatic rings. The van der Waals surface area contributed by atoms with Gasteiger partial charge in [-0.2, -0.15) is 0 Å². The highest BCUT2D eigenvalue weighted by atomic mass is 16.7. The lowest BCUT2D eigenvalue weighted by molar-refractivity contribution is 0.00578. The molecule has 7 rings (SSSR count). The zero-order valence-electron chi connectivity index (χ0n) is 21.9. The van der Waals surface area contributed by atoms with E-state index >= 15 is 0 Å². The molecule has 1 heterocycles. The molecule has 0 aromatic heterocycles. The van der Waals surface area contributed by atoms with E-state index in [1.54, 1.807) is 0 Å². The van der Waals surface area contributed by atoms with Gasteiger partial charge in [-0.3, -0.25) is 0 Å². The first-order valence-electron chi connectivity index (χ1n) is 13.0. The molecule has 1 aliphatic heterocycles. The van der Waals surface area contributed by atoms with Crippen molar-refractivity contribution in [2.24, 2.45) is 0 Å². The van der Waals surface area contributed by atoms with Gasteiger partial charge in [0, 0.05) is 5.41 Å². The maximum atomic E-state index is 6.40. The Bertz CT molecular complexity index is 1710. The van der Waals surface area contributed by atoms with Crippen LogP contribution in [0.2, 0.25) is 0 Å². The molecular weight excluding hydrogens is 439 g/mol. The zero-order chi connectivity index (χ0) is 25.0. The number of benzene rings is 5. The fourth-order valence-corrected chi connectivity index (χ4v) is 6.29. The van der Waals surface area contributed by atoms with Crippen LogP contribution in [0.25, 0.3) is 43.4 Å². The van der Waals surface area contributed by atoms with Crippen LogP contribution in [0.4, 0.5) is 0 Å². The van der Waals surface area contributed by atoms with Gasteiger partial charge in [0.05, 0.1) is 11.2 Å². The van der Waals surface area contributed by atoms with E-state index in [1.807, 2.05) is 0 Å². The van der Waals surface area contributed by atoms with Crippen molar-refractivity contribution in [3.05, 3.63) is 90.0 Å². The van der Waals surface area contributed by atoms with Gasteiger partial charge in [-0.1, -0.05) is 80.6 Å². The van der Waals surface area contributed by atoms with Gasteiger partial charge >= 0.3 is 7.12 Å². The van der Waals surface area contributed by atoms with Crippen molar-refractivity contribution in [3.8, 4) is 11.1 Å². The second-order valence-corrected chi connectivity index (χ2v) is 12.1. The Hall–Kier alpha value is -3.14. The van der Waals surface area contributed by atoms with E-state index in [1.165, 1.54) is 54.6 Å². The molecule has 0 amide bonds. The first-order chi connectivity index (χ1) is 17.1. The molecule has 0 unspecified atom stereocenters. The number of rotatable bonds is 1. The normalized spacial score (nSPS) is 19.2. The summed E-state index contributed by atoms with van der Waals surface area (Å²) >= 11 is 0. The van der Waals surface area contributed by atoms with E-state index in [0.29, 0.717) is 0 Å². The lowest BCUT2D eigenvalue weighted by Crippen LogP contribution is -2.41. The molecule has 3 heteroatoms. The molecule has 0 atom stereocenters. The number of hydrogen-bond donors (Lipinski definition) is 0. The second-order valence-electron chi connectivity index (χ2n) is 12.1. The third kappa shape index (κ3) is 2.82. The Morgan fingerprint density at radius 2 is 0.972 bits per heavy atom. The van der Waals surface area contributed by atoms with Gasteiger partial charge in [0.2, 0.25) is 0 Å². The molecule has 2 nitrogen and oxygen atoms in total. The average molecular weight is 470 g/mol. The molecule has 5 aromatic rings. The van der Waals surface area contributed by atoms with Crippen LogP contribution in [0.3, 0.4) is 0 Å². The molecule has 5 aromatic carbocycles. The van der Waals surface area contributed by atoms with E-state index in [2.05, 4.69) is 120 Å². The summed E-state index contributed by atoms with van der Waals surface area (Å²) in [5, 5.41) is 7.89. The summed E-state index contributed by atoms with van der Waals surface area (Å²) in [5.74, 6) is 0. The first kappa shape index (κ1) is 22.1. The standard InChI is InChI=1S/C33H31BO2/c1-31(2)29-16-15-20(34-35-32(3,4)33(5,6)36-34)17-27(29)28-18-25-23-13-9-7-11-21(23)22-12-8-10-14-24(22)26(25)19-30(28)31/h7-19H,1-6H3. The fraction of sp³-hybridized carbons (Fsp3) is 0.273. The van der Waals surface area contributed by atoms with Crippen LogP contribution in [0, 0.1) is 0 Å². The highest BCUT2D eigenvalue weighted by Crippen LogP contribution is 2.51. The van der Waals surface area contributed by atoms with E-state index in [0.717, 1.165) is 5.46 Å². The number of fused-ring (bicyclic) bond motifs is 9. The van der Waals surface area contributed by atoms with Crippen LogP contribution in [0.1, 0.15) is 52.7 Å². The van der Waals surface area contributed by atoms with Crippen LogP contribution in [0.5, 0.6) is 0 Å². The monoisotopic (exact) mass is 470 g/mol. The third-order valence-corrected chi connectivity index (χ3v) is 9.09. The van der Waals surface area contributed by atoms with E-state index in [-0.39, 0.29) is 23.7 Å². The lowest BCUT2D eigenvalue weighted by Gasteiger charge is -2.32. The van der Waals surface area contributed by atoms with Crippen molar-refractivity contribution in [3.63, 3.8) is 0 Å². The zero-order valence-corrected chi connectivity index (χ0v) is 21.9. The van der Waals surface area contributed by atoms with Gasteiger partial charge in [0.15, 0.2) is 0 Å². The topological polar surface area (TPSA) is 18.5 Å². The molecule has 0 saturated carbocycles. The van der Waals surface area contributed by atoms with Gasteiger partial charge in [-0.25, -0.2) is 0 Å². The predicted molar refractivity (Wildman–Crippen MR) is 152 cm³/mol. The summed E-state index contributed by atoms with van der Waals surface area (Å²) < 4.78 is 12.8. The highest BCUT2D eigenvalue weighted by molar-refractivity contribution is 6.62. The van der Waals surface area contributed by atoms with Crippen LogP contribution >= 0.6 is 0 Å². The number of hydrogen-bond acceptors (Lipinski definition) is 2. The molecule has 36 heavy (non-hydrogen) atoms. The Morgan fingerprint density at radius 3 is 1.53 bits per heavy atom. The van der Waals surface area contributed by atoms with Gasteiger partial charge < -0.3 is 9.31 Å². The van der Waals surface area contributed by atoms with Gasteiger partial charge in [0.25, 0.3) is 0 Å². The predicted octanol–water partition coefficient (Wildman–Crippen LogP) is 7.75. The first-order valence-corrected chi connectivity index (χ1v) is 13.0. The van der Waals surface area contributed by atoms with Crippen LogP contribution in [0.15, 0.2) is 78.9 Å². The quantitative estimate of drug-likeness (QED) is 0.184. The third-order valence-electron chi connectivity index (χ3n) is 9.09. The lowest BCUT2D eigenvalue weighted by atomic mass is 9.76. The van der Waals surface area contributed by atoms with Gasteiger partial charge in [0.1, 0.15) is 0 Å². The summed E-state index contributed by atoms with van der Waals surface area (Å²) in [6.45, 7) is 13.1. The Kier molecular flexibility index (Phi) is 4.29. The highest BCUT2D eigenvalue weighted by Gasteiger charge is 2.52. The maximum absolute atomic E-state index is 6.40. The van der Waals surface area contributed by atoms with E-state index in [4.69, 9.17) is 9.31 Å².